The van der Waals surface area contributed by atoms with Crippen LogP contribution in [0.2, 0.25) is 0 Å². The van der Waals surface area contributed by atoms with E-state index in [-0.39, 0.29) is 0 Å². The van der Waals surface area contributed by atoms with Crippen molar-refractivity contribution >= 4 is 21.8 Å². The monoisotopic (exact) mass is 288 g/mol. The van der Waals surface area contributed by atoms with Crippen molar-refractivity contribution in [3.63, 3.8) is 0 Å². The lowest BCUT2D eigenvalue weighted by molar-refractivity contribution is -0.136. The summed E-state index contributed by atoms with van der Waals surface area (Å²) in [6.07, 6.45) is -6.25. The second-order valence-corrected chi connectivity index (χ2v) is 5.86. The number of piperazine rings is 1. The maximum atomic E-state index is 11.9. The first-order valence-electron chi connectivity index (χ1n) is 4.97. The smallest absolute Gasteiger partial charge is 0.294 e. The molecule has 1 fully saturated rings. The first kappa shape index (κ1) is 14.9. The van der Waals surface area contributed by atoms with E-state index in [0.717, 1.165) is 0 Å². The van der Waals surface area contributed by atoms with E-state index in [9.17, 15) is 31.2 Å². The number of carbonyl (C=O) groups excluding carboxylic acids is 2. The molecule has 0 spiro atoms. The summed E-state index contributed by atoms with van der Waals surface area (Å²) in [6.45, 7) is -1.08. The predicted molar refractivity (Wildman–Crippen MR) is 53.8 cm³/mol. The molecule has 0 aromatic rings. The zero-order valence-electron chi connectivity index (χ0n) is 9.16. The summed E-state index contributed by atoms with van der Waals surface area (Å²) in [4.78, 5) is 21.9. The summed E-state index contributed by atoms with van der Waals surface area (Å²) < 4.78 is 59.4. The van der Waals surface area contributed by atoms with Crippen LogP contribution in [-0.4, -0.2) is 49.6 Å². The SMILES string of the molecule is O=C1CN(S(=O)(=O)CCCC(F)(F)F)CC(=O)N1. The lowest BCUT2D eigenvalue weighted by Crippen LogP contribution is -2.53. The molecule has 1 aliphatic rings. The third kappa shape index (κ3) is 4.61. The molecule has 0 atom stereocenters. The number of nitrogens with one attached hydrogen (secondary N) is 1. The molecule has 0 unspecified atom stereocenters. The van der Waals surface area contributed by atoms with Crippen LogP contribution in [0.25, 0.3) is 0 Å². The molecule has 0 bridgehead atoms. The number of rotatable bonds is 4. The third-order valence-electron chi connectivity index (χ3n) is 2.17. The van der Waals surface area contributed by atoms with Gasteiger partial charge in [-0.25, -0.2) is 8.42 Å². The number of halogens is 3. The summed E-state index contributed by atoms with van der Waals surface area (Å²) in [6, 6.07) is 0. The number of hydrogen-bond donors (Lipinski definition) is 1. The molecule has 1 aliphatic heterocycles. The molecule has 0 aromatic carbocycles. The highest BCUT2D eigenvalue weighted by molar-refractivity contribution is 7.89. The van der Waals surface area contributed by atoms with Crippen molar-refractivity contribution in [1.82, 2.24) is 9.62 Å². The number of sulfonamides is 1. The van der Waals surface area contributed by atoms with Crippen molar-refractivity contribution in [3.8, 4) is 0 Å². The van der Waals surface area contributed by atoms with Crippen LogP contribution in [0.4, 0.5) is 13.2 Å². The number of imide groups is 1. The first-order chi connectivity index (χ1) is 8.10. The Balaban J connectivity index is 2.58. The highest BCUT2D eigenvalue weighted by Gasteiger charge is 2.33. The molecule has 6 nitrogen and oxygen atoms in total. The van der Waals surface area contributed by atoms with Crippen molar-refractivity contribution in [2.75, 3.05) is 18.8 Å². The van der Waals surface area contributed by atoms with Crippen LogP contribution in [-0.2, 0) is 19.6 Å². The van der Waals surface area contributed by atoms with Gasteiger partial charge < -0.3 is 0 Å². The van der Waals surface area contributed by atoms with Gasteiger partial charge in [-0.05, 0) is 6.42 Å². The van der Waals surface area contributed by atoms with Crippen molar-refractivity contribution in [1.29, 1.82) is 0 Å². The van der Waals surface area contributed by atoms with E-state index >= 15 is 0 Å². The second-order valence-electron chi connectivity index (χ2n) is 3.77. The van der Waals surface area contributed by atoms with E-state index in [4.69, 9.17) is 0 Å². The van der Waals surface area contributed by atoms with Gasteiger partial charge in [-0.2, -0.15) is 17.5 Å². The molecule has 0 saturated carbocycles. The van der Waals surface area contributed by atoms with E-state index in [2.05, 4.69) is 0 Å². The molecule has 1 rings (SSSR count). The van der Waals surface area contributed by atoms with Gasteiger partial charge in [0.15, 0.2) is 0 Å². The Labute approximate surface area is 101 Å². The van der Waals surface area contributed by atoms with Gasteiger partial charge >= 0.3 is 6.18 Å². The summed E-state index contributed by atoms with van der Waals surface area (Å²) >= 11 is 0. The number of amides is 2. The van der Waals surface area contributed by atoms with Crippen molar-refractivity contribution in [2.45, 2.75) is 19.0 Å². The molecule has 0 aromatic heterocycles. The van der Waals surface area contributed by atoms with Gasteiger partial charge in [0.25, 0.3) is 0 Å². The number of carbonyl (C=O) groups is 2. The molecule has 1 heterocycles. The lowest BCUT2D eigenvalue weighted by Gasteiger charge is -2.24. The summed E-state index contributed by atoms with van der Waals surface area (Å²) in [5.41, 5.74) is 0. The molecular weight excluding hydrogens is 277 g/mol. The van der Waals surface area contributed by atoms with Crippen LogP contribution in [0.15, 0.2) is 0 Å². The maximum absolute atomic E-state index is 11.9. The molecule has 2 amide bonds. The minimum atomic E-state index is -4.43. The highest BCUT2D eigenvalue weighted by Crippen LogP contribution is 2.22. The number of nitrogens with zero attached hydrogens (tertiary/aromatic N) is 1. The Morgan fingerprint density at radius 1 is 1.17 bits per heavy atom. The molecule has 0 radical (unpaired) electrons. The van der Waals surface area contributed by atoms with Gasteiger partial charge in [0.1, 0.15) is 0 Å². The van der Waals surface area contributed by atoms with E-state index in [1.165, 1.54) is 0 Å². The Morgan fingerprint density at radius 3 is 2.11 bits per heavy atom. The molecule has 104 valence electrons. The van der Waals surface area contributed by atoms with Gasteiger partial charge in [0.05, 0.1) is 18.8 Å². The molecular formula is C8H11F3N2O4S. The normalized spacial score (nSPS) is 18.8. The standard InChI is InChI=1S/C8H11F3N2O4S/c9-8(10,11)2-1-3-18(16,17)13-4-6(14)12-7(15)5-13/h1-5H2,(H,12,14,15). The Bertz CT molecular complexity index is 430. The average Bonchev–Trinajstić information content (AvgIpc) is 2.13. The van der Waals surface area contributed by atoms with E-state index in [1.54, 1.807) is 0 Å². The largest absolute Gasteiger partial charge is 0.389 e. The van der Waals surface area contributed by atoms with Crippen LogP contribution in [0, 0.1) is 0 Å². The Morgan fingerprint density at radius 2 is 1.67 bits per heavy atom. The maximum Gasteiger partial charge on any atom is 0.389 e. The zero-order chi connectivity index (χ0) is 14.0. The van der Waals surface area contributed by atoms with Gasteiger partial charge in [-0.1, -0.05) is 0 Å². The van der Waals surface area contributed by atoms with Crippen molar-refractivity contribution in [2.24, 2.45) is 0 Å². The van der Waals surface area contributed by atoms with E-state index < -0.39 is 59.7 Å². The van der Waals surface area contributed by atoms with Crippen LogP contribution in [0.5, 0.6) is 0 Å². The second kappa shape index (κ2) is 5.22. The molecule has 10 heteroatoms. The molecule has 18 heavy (non-hydrogen) atoms. The fraction of sp³-hybridized carbons (Fsp3) is 0.750. The number of hydrogen-bond acceptors (Lipinski definition) is 4. The molecule has 1 N–H and O–H groups in total. The summed E-state index contributed by atoms with van der Waals surface area (Å²) in [5, 5.41) is 1.90. The van der Waals surface area contributed by atoms with Gasteiger partial charge in [-0.3, -0.25) is 14.9 Å². The van der Waals surface area contributed by atoms with Gasteiger partial charge in [-0.15, -0.1) is 0 Å². The summed E-state index contributed by atoms with van der Waals surface area (Å²) in [5.74, 6) is -2.32. The third-order valence-corrected chi connectivity index (χ3v) is 4.02. The Hall–Kier alpha value is -1.16. The van der Waals surface area contributed by atoms with Crippen LogP contribution >= 0.6 is 0 Å². The van der Waals surface area contributed by atoms with Crippen molar-refractivity contribution in [3.05, 3.63) is 0 Å². The van der Waals surface area contributed by atoms with Crippen LogP contribution in [0.1, 0.15) is 12.8 Å². The first-order valence-corrected chi connectivity index (χ1v) is 6.58. The summed E-state index contributed by atoms with van der Waals surface area (Å²) in [7, 11) is -4.02. The average molecular weight is 288 g/mol. The number of alkyl halides is 3. The minimum Gasteiger partial charge on any atom is -0.294 e. The van der Waals surface area contributed by atoms with Crippen molar-refractivity contribution < 1.29 is 31.2 Å². The Kier molecular flexibility index (Phi) is 4.32. The fourth-order valence-electron chi connectivity index (χ4n) is 1.39. The van der Waals surface area contributed by atoms with Gasteiger partial charge in [0, 0.05) is 6.42 Å². The van der Waals surface area contributed by atoms with E-state index in [0.29, 0.717) is 4.31 Å². The lowest BCUT2D eigenvalue weighted by atomic mass is 10.3. The molecule has 1 saturated heterocycles. The van der Waals surface area contributed by atoms with Crippen LogP contribution in [0.3, 0.4) is 0 Å². The topological polar surface area (TPSA) is 83.6 Å². The zero-order valence-corrected chi connectivity index (χ0v) is 9.97. The van der Waals surface area contributed by atoms with E-state index in [1.807, 2.05) is 5.32 Å². The quantitative estimate of drug-likeness (QED) is 0.715. The van der Waals surface area contributed by atoms with Crippen LogP contribution < -0.4 is 5.32 Å². The molecule has 0 aliphatic carbocycles. The van der Waals surface area contributed by atoms with Gasteiger partial charge in [0.2, 0.25) is 21.8 Å². The highest BCUT2D eigenvalue weighted by atomic mass is 32.2. The minimum absolute atomic E-state index is 0.542. The predicted octanol–water partition coefficient (Wildman–Crippen LogP) is -0.383. The fourth-order valence-corrected chi connectivity index (χ4v) is 2.79.